The monoisotopic (exact) mass is 402 g/mol. The number of rotatable bonds is 10. The van der Waals surface area contributed by atoms with Gasteiger partial charge in [0.2, 0.25) is 0 Å². The molecule has 2 aliphatic rings. The number of hydrogen-bond acceptors (Lipinski definition) is 5. The van der Waals surface area contributed by atoms with E-state index in [0.29, 0.717) is 11.1 Å². The van der Waals surface area contributed by atoms with Crippen molar-refractivity contribution in [1.82, 2.24) is 16.0 Å². The van der Waals surface area contributed by atoms with Gasteiger partial charge in [-0.05, 0) is 50.2 Å². The Labute approximate surface area is 165 Å². The summed E-state index contributed by atoms with van der Waals surface area (Å²) in [6, 6.07) is 0. The standard InChI is InChI=1S/C20H25N3O2.Cu/c24-19-9-3-1-7-17(19)15-22-13-5-11-21-12-6-14-23-16-18-8-2-4-10-20(18)25;/h1-4,7-10,15-16,21-23H,5-6,11-14H2;/b17-15-,18-16-;. The van der Waals surface area contributed by atoms with Crippen molar-refractivity contribution in [2.24, 2.45) is 0 Å². The fourth-order valence-electron chi connectivity index (χ4n) is 2.32. The van der Waals surface area contributed by atoms with Gasteiger partial charge in [-0.1, -0.05) is 24.3 Å². The molecule has 0 saturated heterocycles. The minimum atomic E-state index is 0. The first kappa shape index (κ1) is 21.9. The predicted molar refractivity (Wildman–Crippen MR) is 101 cm³/mol. The first-order valence-electron chi connectivity index (χ1n) is 8.63. The quantitative estimate of drug-likeness (QED) is 0.295. The summed E-state index contributed by atoms with van der Waals surface area (Å²) in [6.45, 7) is 3.50. The summed E-state index contributed by atoms with van der Waals surface area (Å²) in [5.74, 6) is 0.0778. The first-order valence-corrected chi connectivity index (χ1v) is 8.63. The van der Waals surface area contributed by atoms with Gasteiger partial charge in [-0.3, -0.25) is 9.59 Å². The molecule has 0 heterocycles. The van der Waals surface area contributed by atoms with Gasteiger partial charge < -0.3 is 16.0 Å². The Morgan fingerprint density at radius 1 is 0.654 bits per heavy atom. The molecule has 0 unspecified atom stereocenters. The maximum absolute atomic E-state index is 11.5. The second-order valence-electron chi connectivity index (χ2n) is 5.73. The molecule has 2 rings (SSSR count). The van der Waals surface area contributed by atoms with E-state index in [2.05, 4.69) is 16.0 Å². The molecule has 0 aliphatic heterocycles. The van der Waals surface area contributed by atoms with Crippen molar-refractivity contribution in [3.63, 3.8) is 0 Å². The van der Waals surface area contributed by atoms with Crippen molar-refractivity contribution < 1.29 is 26.7 Å². The van der Waals surface area contributed by atoms with Crippen LogP contribution in [0.1, 0.15) is 12.8 Å². The minimum absolute atomic E-state index is 0. The second kappa shape index (κ2) is 13.1. The van der Waals surface area contributed by atoms with Crippen LogP contribution in [-0.2, 0) is 26.7 Å². The third-order valence-corrected chi connectivity index (χ3v) is 3.70. The van der Waals surface area contributed by atoms with Crippen LogP contribution in [0.5, 0.6) is 0 Å². The van der Waals surface area contributed by atoms with Gasteiger partial charge in [0, 0.05) is 53.7 Å². The van der Waals surface area contributed by atoms with Gasteiger partial charge in [0.1, 0.15) is 0 Å². The molecular weight excluding hydrogens is 378 g/mol. The van der Waals surface area contributed by atoms with Crippen LogP contribution >= 0.6 is 0 Å². The summed E-state index contributed by atoms with van der Waals surface area (Å²) >= 11 is 0. The Hall–Kier alpha value is -2.14. The number of carbonyl (C=O) groups excluding carboxylic acids is 2. The maximum Gasteiger partial charge on any atom is 0.187 e. The number of carbonyl (C=O) groups is 2. The maximum atomic E-state index is 11.5. The van der Waals surface area contributed by atoms with Gasteiger partial charge in [0.25, 0.3) is 0 Å². The predicted octanol–water partition coefficient (Wildman–Crippen LogP) is 1.69. The van der Waals surface area contributed by atoms with E-state index in [-0.39, 0.29) is 28.6 Å². The van der Waals surface area contributed by atoms with E-state index in [1.807, 2.05) is 24.3 Å². The van der Waals surface area contributed by atoms with Crippen LogP contribution < -0.4 is 16.0 Å². The van der Waals surface area contributed by atoms with Crippen LogP contribution in [0.2, 0.25) is 0 Å². The SMILES string of the molecule is O=C1C=CC=C/C1=C/NCCCNCCCN/C=C1/C=CC=CC1=O.[Cu]. The third-order valence-electron chi connectivity index (χ3n) is 3.70. The van der Waals surface area contributed by atoms with Crippen LogP contribution in [0, 0.1) is 0 Å². The minimum Gasteiger partial charge on any atom is -0.390 e. The van der Waals surface area contributed by atoms with Crippen molar-refractivity contribution >= 4 is 11.6 Å². The van der Waals surface area contributed by atoms with Crippen LogP contribution in [0.3, 0.4) is 0 Å². The van der Waals surface area contributed by atoms with Crippen LogP contribution in [0.4, 0.5) is 0 Å². The van der Waals surface area contributed by atoms with Crippen LogP contribution in [0.25, 0.3) is 0 Å². The summed E-state index contributed by atoms with van der Waals surface area (Å²) in [5.41, 5.74) is 1.38. The van der Waals surface area contributed by atoms with Crippen molar-refractivity contribution in [1.29, 1.82) is 0 Å². The van der Waals surface area contributed by atoms with Crippen molar-refractivity contribution in [2.45, 2.75) is 12.8 Å². The van der Waals surface area contributed by atoms with E-state index < -0.39 is 0 Å². The zero-order valence-electron chi connectivity index (χ0n) is 14.6. The number of hydrogen-bond donors (Lipinski definition) is 3. The van der Waals surface area contributed by atoms with E-state index in [4.69, 9.17) is 0 Å². The van der Waals surface area contributed by atoms with Crippen LogP contribution in [0.15, 0.2) is 72.2 Å². The molecule has 5 nitrogen and oxygen atoms in total. The van der Waals surface area contributed by atoms with E-state index in [9.17, 15) is 9.59 Å². The topological polar surface area (TPSA) is 70.2 Å². The number of ketones is 2. The molecule has 0 aromatic carbocycles. The van der Waals surface area contributed by atoms with Gasteiger partial charge in [-0.2, -0.15) is 0 Å². The molecule has 6 heteroatoms. The molecule has 0 spiro atoms. The molecule has 0 fully saturated rings. The van der Waals surface area contributed by atoms with Crippen molar-refractivity contribution in [3.05, 3.63) is 72.2 Å². The average molecular weight is 403 g/mol. The Kier molecular flexibility index (Phi) is 11.0. The van der Waals surface area contributed by atoms with Crippen molar-refractivity contribution in [3.8, 4) is 0 Å². The molecule has 143 valence electrons. The summed E-state index contributed by atoms with van der Waals surface area (Å²) in [7, 11) is 0. The number of nitrogens with one attached hydrogen (secondary N) is 3. The largest absolute Gasteiger partial charge is 0.390 e. The van der Waals surface area contributed by atoms with Crippen LogP contribution in [-0.4, -0.2) is 37.7 Å². The Balaban J connectivity index is 0.00000338. The summed E-state index contributed by atoms with van der Waals surface area (Å²) in [6.07, 6.45) is 19.5. The Morgan fingerprint density at radius 2 is 1.08 bits per heavy atom. The second-order valence-corrected chi connectivity index (χ2v) is 5.73. The van der Waals surface area contributed by atoms with Gasteiger partial charge in [-0.15, -0.1) is 0 Å². The Morgan fingerprint density at radius 3 is 1.50 bits per heavy atom. The molecule has 2 aliphatic carbocycles. The van der Waals surface area contributed by atoms with Gasteiger partial charge in [-0.25, -0.2) is 0 Å². The molecule has 0 saturated carbocycles. The van der Waals surface area contributed by atoms with E-state index in [0.717, 1.165) is 39.0 Å². The zero-order valence-corrected chi connectivity index (χ0v) is 15.6. The van der Waals surface area contributed by atoms with Gasteiger partial charge in [0.05, 0.1) is 0 Å². The molecular formula is C20H25CuN3O2. The molecule has 0 atom stereocenters. The summed E-state index contributed by atoms with van der Waals surface area (Å²) in [4.78, 5) is 23.0. The van der Waals surface area contributed by atoms with Gasteiger partial charge >= 0.3 is 0 Å². The van der Waals surface area contributed by atoms with Crippen molar-refractivity contribution in [2.75, 3.05) is 26.2 Å². The fraction of sp³-hybridized carbons (Fsp3) is 0.300. The average Bonchev–Trinajstić information content (AvgIpc) is 2.62. The Bertz CT molecular complexity index is 602. The normalized spacial score (nSPS) is 18.5. The molecule has 0 bridgehead atoms. The zero-order chi connectivity index (χ0) is 17.7. The number of allylic oxidation sites excluding steroid dienone is 10. The summed E-state index contributed by atoms with van der Waals surface area (Å²) < 4.78 is 0. The smallest absolute Gasteiger partial charge is 0.187 e. The molecule has 0 aromatic rings. The van der Waals surface area contributed by atoms with Gasteiger partial charge in [0.15, 0.2) is 11.6 Å². The third kappa shape index (κ3) is 8.30. The van der Waals surface area contributed by atoms with E-state index in [1.54, 1.807) is 36.7 Å². The molecule has 0 amide bonds. The molecule has 0 aromatic heterocycles. The molecule has 26 heavy (non-hydrogen) atoms. The molecule has 1 radical (unpaired) electrons. The van der Waals surface area contributed by atoms with E-state index in [1.165, 1.54) is 0 Å². The molecule has 3 N–H and O–H groups in total. The first-order chi connectivity index (χ1) is 12.3. The fourth-order valence-corrected chi connectivity index (χ4v) is 2.32. The summed E-state index contributed by atoms with van der Waals surface area (Å²) in [5, 5.41) is 9.70. The van der Waals surface area contributed by atoms with E-state index >= 15 is 0 Å².